The zero-order valence-electron chi connectivity index (χ0n) is 8.04. The molecule has 0 saturated carbocycles. The van der Waals surface area contributed by atoms with Gasteiger partial charge in [0, 0.05) is 25.3 Å². The molecule has 0 bridgehead atoms. The normalized spacial score (nSPS) is 22.4. The van der Waals surface area contributed by atoms with E-state index >= 15 is 0 Å². The van der Waals surface area contributed by atoms with Crippen LogP contribution in [0, 0.1) is 6.92 Å². The summed E-state index contributed by atoms with van der Waals surface area (Å²) in [6, 6.07) is 7.66. The molecule has 1 fully saturated rings. The maximum Gasteiger partial charge on any atom is 0.185 e. The summed E-state index contributed by atoms with van der Waals surface area (Å²) < 4.78 is 13.5. The van der Waals surface area contributed by atoms with Crippen molar-refractivity contribution in [2.45, 2.75) is 6.30 Å². The highest BCUT2D eigenvalue weighted by Gasteiger charge is 2.22. The third-order valence-corrected chi connectivity index (χ3v) is 2.48. The molecule has 0 aliphatic carbocycles. The van der Waals surface area contributed by atoms with Crippen molar-refractivity contribution in [1.29, 1.82) is 0 Å². The van der Waals surface area contributed by atoms with E-state index in [2.05, 4.69) is 12.2 Å². The lowest BCUT2D eigenvalue weighted by molar-refractivity contribution is 0.280. The van der Waals surface area contributed by atoms with Crippen LogP contribution in [-0.4, -0.2) is 25.9 Å². The Bertz CT molecular complexity index is 314. The summed E-state index contributed by atoms with van der Waals surface area (Å²) in [7, 11) is 0. The molecule has 1 atom stereocenters. The topological polar surface area (TPSA) is 15.3 Å². The second-order valence-corrected chi connectivity index (χ2v) is 3.46. The lowest BCUT2D eigenvalue weighted by Crippen LogP contribution is -2.49. The number of hydrogen-bond donors (Lipinski definition) is 1. The molecule has 1 aliphatic heterocycles. The van der Waals surface area contributed by atoms with Gasteiger partial charge in [0.2, 0.25) is 0 Å². The summed E-state index contributed by atoms with van der Waals surface area (Å²) in [5.74, 6) is 0. The van der Waals surface area contributed by atoms with E-state index in [1.165, 1.54) is 0 Å². The number of rotatable bonds is 1. The molecule has 0 spiro atoms. The van der Waals surface area contributed by atoms with Crippen LogP contribution in [-0.2, 0) is 0 Å². The van der Waals surface area contributed by atoms with Gasteiger partial charge in [-0.3, -0.25) is 0 Å². The van der Waals surface area contributed by atoms with E-state index in [0.717, 1.165) is 17.8 Å². The Morgan fingerprint density at radius 1 is 1.43 bits per heavy atom. The van der Waals surface area contributed by atoms with Gasteiger partial charge in [-0.2, -0.15) is 0 Å². The Labute approximate surface area is 83.7 Å². The minimum Gasteiger partial charge on any atom is -0.339 e. The van der Waals surface area contributed by atoms with Crippen LogP contribution in [0.15, 0.2) is 24.3 Å². The average Bonchev–Trinajstić information content (AvgIpc) is 2.20. The highest BCUT2D eigenvalue weighted by molar-refractivity contribution is 5.55. The lowest BCUT2D eigenvalue weighted by Gasteiger charge is -2.33. The fraction of sp³-hybridized carbons (Fsp3) is 0.364. The molecule has 1 radical (unpaired) electrons. The Hall–Kier alpha value is -1.09. The summed E-state index contributed by atoms with van der Waals surface area (Å²) in [5.41, 5.74) is 1.79. The molecular formula is C11H14FN2. The van der Waals surface area contributed by atoms with Crippen LogP contribution in [0.1, 0.15) is 5.56 Å². The van der Waals surface area contributed by atoms with Gasteiger partial charge in [0.05, 0.1) is 0 Å². The molecule has 0 aromatic heterocycles. The fourth-order valence-electron chi connectivity index (χ4n) is 1.73. The first kappa shape index (κ1) is 9.46. The van der Waals surface area contributed by atoms with Gasteiger partial charge in [0.15, 0.2) is 6.30 Å². The van der Waals surface area contributed by atoms with E-state index in [9.17, 15) is 4.39 Å². The summed E-state index contributed by atoms with van der Waals surface area (Å²) in [5, 5.41) is 3.02. The molecule has 1 aromatic rings. The highest BCUT2D eigenvalue weighted by Crippen LogP contribution is 2.22. The van der Waals surface area contributed by atoms with Crippen LogP contribution < -0.4 is 10.2 Å². The molecule has 0 amide bonds. The van der Waals surface area contributed by atoms with Crippen LogP contribution in [0.5, 0.6) is 0 Å². The largest absolute Gasteiger partial charge is 0.339 e. The lowest BCUT2D eigenvalue weighted by atomic mass is 10.1. The van der Waals surface area contributed by atoms with Crippen molar-refractivity contribution in [3.05, 3.63) is 36.8 Å². The first-order chi connectivity index (χ1) is 6.79. The number of alkyl halides is 1. The molecule has 2 rings (SSSR count). The van der Waals surface area contributed by atoms with Crippen molar-refractivity contribution in [3.8, 4) is 0 Å². The maximum absolute atomic E-state index is 13.5. The number of para-hydroxylation sites is 1. The Morgan fingerprint density at radius 2 is 2.21 bits per heavy atom. The van der Waals surface area contributed by atoms with Gasteiger partial charge in [0.1, 0.15) is 0 Å². The number of hydrogen-bond acceptors (Lipinski definition) is 2. The first-order valence-corrected chi connectivity index (χ1v) is 4.81. The second-order valence-electron chi connectivity index (χ2n) is 3.46. The molecule has 3 heteroatoms. The Kier molecular flexibility index (Phi) is 2.68. The monoisotopic (exact) mass is 193 g/mol. The number of piperazine rings is 1. The van der Waals surface area contributed by atoms with Gasteiger partial charge in [-0.1, -0.05) is 18.2 Å². The zero-order valence-corrected chi connectivity index (χ0v) is 8.04. The standard InChI is InChI=1S/C11H14FN2/c1-9-4-2-3-5-10(9)14-7-6-13-8-11(14)12/h2-5,11,13H,1,6-8H2. The third-order valence-electron chi connectivity index (χ3n) is 2.48. The van der Waals surface area contributed by atoms with Crippen molar-refractivity contribution in [2.75, 3.05) is 24.5 Å². The highest BCUT2D eigenvalue weighted by atomic mass is 19.1. The smallest absolute Gasteiger partial charge is 0.185 e. The van der Waals surface area contributed by atoms with E-state index < -0.39 is 6.30 Å². The molecule has 1 saturated heterocycles. The molecule has 14 heavy (non-hydrogen) atoms. The third kappa shape index (κ3) is 1.73. The van der Waals surface area contributed by atoms with Crippen molar-refractivity contribution < 1.29 is 4.39 Å². The fourth-order valence-corrected chi connectivity index (χ4v) is 1.73. The van der Waals surface area contributed by atoms with E-state index in [4.69, 9.17) is 0 Å². The van der Waals surface area contributed by atoms with Crippen molar-refractivity contribution in [1.82, 2.24) is 5.32 Å². The van der Waals surface area contributed by atoms with Gasteiger partial charge < -0.3 is 10.2 Å². The molecule has 1 aliphatic rings. The van der Waals surface area contributed by atoms with Gasteiger partial charge in [0.25, 0.3) is 0 Å². The van der Waals surface area contributed by atoms with Crippen LogP contribution in [0.3, 0.4) is 0 Å². The number of nitrogens with one attached hydrogen (secondary N) is 1. The summed E-state index contributed by atoms with van der Waals surface area (Å²) in [6.07, 6.45) is -0.938. The molecule has 75 valence electrons. The van der Waals surface area contributed by atoms with Crippen molar-refractivity contribution >= 4 is 5.69 Å². The van der Waals surface area contributed by atoms with Gasteiger partial charge >= 0.3 is 0 Å². The predicted molar refractivity (Wildman–Crippen MR) is 56.0 cm³/mol. The predicted octanol–water partition coefficient (Wildman–Crippen LogP) is 1.57. The number of anilines is 1. The second kappa shape index (κ2) is 3.96. The van der Waals surface area contributed by atoms with Crippen LogP contribution in [0.2, 0.25) is 0 Å². The summed E-state index contributed by atoms with van der Waals surface area (Å²) in [6.45, 7) is 5.83. The molecular weight excluding hydrogens is 179 g/mol. The van der Waals surface area contributed by atoms with Gasteiger partial charge in [-0.05, 0) is 18.6 Å². The quantitative estimate of drug-likeness (QED) is 0.681. The SMILES string of the molecule is [CH2]c1ccccc1N1CCNCC1F. The Balaban J connectivity index is 2.25. The Morgan fingerprint density at radius 3 is 2.93 bits per heavy atom. The number of benzene rings is 1. The number of halogens is 1. The minimum atomic E-state index is -0.938. The maximum atomic E-state index is 13.5. The van der Waals surface area contributed by atoms with Crippen LogP contribution >= 0.6 is 0 Å². The van der Waals surface area contributed by atoms with Crippen LogP contribution in [0.4, 0.5) is 10.1 Å². The van der Waals surface area contributed by atoms with Crippen molar-refractivity contribution in [3.63, 3.8) is 0 Å². The summed E-state index contributed by atoms with van der Waals surface area (Å²) in [4.78, 5) is 1.76. The average molecular weight is 193 g/mol. The molecule has 1 heterocycles. The van der Waals surface area contributed by atoms with E-state index in [0.29, 0.717) is 13.1 Å². The molecule has 1 N–H and O–H groups in total. The zero-order chi connectivity index (χ0) is 9.97. The molecule has 1 aromatic carbocycles. The molecule has 1 unspecified atom stereocenters. The van der Waals surface area contributed by atoms with E-state index in [-0.39, 0.29) is 0 Å². The van der Waals surface area contributed by atoms with Gasteiger partial charge in [-0.25, -0.2) is 4.39 Å². The van der Waals surface area contributed by atoms with Gasteiger partial charge in [-0.15, -0.1) is 0 Å². The summed E-state index contributed by atoms with van der Waals surface area (Å²) >= 11 is 0. The number of nitrogens with zero attached hydrogens (tertiary/aromatic N) is 1. The minimum absolute atomic E-state index is 0.397. The van der Waals surface area contributed by atoms with Crippen LogP contribution in [0.25, 0.3) is 0 Å². The van der Waals surface area contributed by atoms with E-state index in [1.54, 1.807) is 4.90 Å². The first-order valence-electron chi connectivity index (χ1n) is 4.81. The molecule has 2 nitrogen and oxygen atoms in total. The van der Waals surface area contributed by atoms with E-state index in [1.807, 2.05) is 24.3 Å². The van der Waals surface area contributed by atoms with Crippen molar-refractivity contribution in [2.24, 2.45) is 0 Å².